The molecular formula is C17H15F3N2O3S. The minimum Gasteiger partial charge on any atom is -0.311 e. The van der Waals surface area contributed by atoms with E-state index >= 15 is 0 Å². The van der Waals surface area contributed by atoms with Crippen molar-refractivity contribution >= 4 is 21.6 Å². The lowest BCUT2D eigenvalue weighted by Crippen LogP contribution is -2.41. The van der Waals surface area contributed by atoms with Gasteiger partial charge in [-0.25, -0.2) is 21.6 Å². The second kappa shape index (κ2) is 6.73. The summed E-state index contributed by atoms with van der Waals surface area (Å²) in [4.78, 5) is 13.4. The molecule has 9 heteroatoms. The molecule has 1 amide bonds. The topological polar surface area (TPSA) is 66.5 Å². The molecule has 0 bridgehead atoms. The molecule has 0 spiro atoms. The largest absolute Gasteiger partial charge is 0.311 e. The van der Waals surface area contributed by atoms with Crippen molar-refractivity contribution in [3.8, 4) is 0 Å². The van der Waals surface area contributed by atoms with Crippen LogP contribution < -0.4 is 9.62 Å². The fraction of sp³-hybridized carbons (Fsp3) is 0.235. The van der Waals surface area contributed by atoms with Crippen LogP contribution in [0, 0.1) is 24.4 Å². The maximum absolute atomic E-state index is 13.4. The van der Waals surface area contributed by atoms with Gasteiger partial charge < -0.3 is 4.90 Å². The first-order valence-electron chi connectivity index (χ1n) is 7.74. The Labute approximate surface area is 148 Å². The summed E-state index contributed by atoms with van der Waals surface area (Å²) in [6, 6.07) is 5.30. The lowest BCUT2D eigenvalue weighted by atomic mass is 10.2. The maximum Gasteiger partial charge on any atom is 0.245 e. The Hall–Kier alpha value is -2.39. The van der Waals surface area contributed by atoms with Crippen molar-refractivity contribution in [3.05, 3.63) is 59.4 Å². The van der Waals surface area contributed by atoms with Gasteiger partial charge in [0, 0.05) is 12.2 Å². The zero-order valence-electron chi connectivity index (χ0n) is 13.7. The van der Waals surface area contributed by atoms with Crippen molar-refractivity contribution in [1.82, 2.24) is 4.72 Å². The highest BCUT2D eigenvalue weighted by molar-refractivity contribution is 7.89. The Bertz CT molecular complexity index is 979. The van der Waals surface area contributed by atoms with Gasteiger partial charge >= 0.3 is 0 Å². The molecule has 138 valence electrons. The van der Waals surface area contributed by atoms with Crippen molar-refractivity contribution in [2.75, 3.05) is 11.4 Å². The zero-order valence-corrected chi connectivity index (χ0v) is 14.5. The lowest BCUT2D eigenvalue weighted by Gasteiger charge is -2.18. The van der Waals surface area contributed by atoms with Crippen molar-refractivity contribution in [1.29, 1.82) is 0 Å². The lowest BCUT2D eigenvalue weighted by molar-refractivity contribution is -0.118. The summed E-state index contributed by atoms with van der Waals surface area (Å²) in [6.07, 6.45) is 0.193. The fourth-order valence-corrected chi connectivity index (χ4v) is 3.98. The van der Waals surface area contributed by atoms with Crippen LogP contribution in [-0.4, -0.2) is 26.9 Å². The Morgan fingerprint density at radius 2 is 1.73 bits per heavy atom. The molecule has 2 aromatic rings. The second-order valence-electron chi connectivity index (χ2n) is 5.96. The number of aryl methyl sites for hydroxylation is 1. The standard InChI is InChI=1S/C17H15F3N2O3S/c1-10-8-11(2-4-13(10)18)22-7-6-16(17(22)23)21-26(24,25)12-3-5-14(19)15(20)9-12/h2-5,8-9,16,21H,6-7H2,1H3/t16-/m0/s1. The van der Waals surface area contributed by atoms with Crippen molar-refractivity contribution in [2.45, 2.75) is 24.3 Å². The molecule has 1 fully saturated rings. The number of benzene rings is 2. The number of carbonyl (C=O) groups is 1. The third kappa shape index (κ3) is 3.45. The van der Waals surface area contributed by atoms with Crippen LogP contribution in [0.1, 0.15) is 12.0 Å². The van der Waals surface area contributed by atoms with E-state index in [9.17, 15) is 26.4 Å². The van der Waals surface area contributed by atoms with Crippen LogP contribution in [0.3, 0.4) is 0 Å². The van der Waals surface area contributed by atoms with Crippen LogP contribution in [0.5, 0.6) is 0 Å². The maximum atomic E-state index is 13.4. The minimum absolute atomic E-state index is 0.193. The van der Waals surface area contributed by atoms with Crippen LogP contribution >= 0.6 is 0 Å². The zero-order chi connectivity index (χ0) is 19.1. The van der Waals surface area contributed by atoms with Gasteiger partial charge in [-0.2, -0.15) is 4.72 Å². The van der Waals surface area contributed by atoms with Crippen LogP contribution in [0.2, 0.25) is 0 Å². The van der Waals surface area contributed by atoms with Gasteiger partial charge in [0.1, 0.15) is 11.9 Å². The van der Waals surface area contributed by atoms with E-state index in [0.717, 1.165) is 6.07 Å². The Balaban J connectivity index is 1.79. The van der Waals surface area contributed by atoms with Crippen LogP contribution in [0.4, 0.5) is 18.9 Å². The summed E-state index contributed by atoms with van der Waals surface area (Å²) >= 11 is 0. The van der Waals surface area contributed by atoms with Gasteiger partial charge in [0.05, 0.1) is 4.90 Å². The molecule has 0 radical (unpaired) electrons. The first-order chi connectivity index (χ1) is 12.2. The van der Waals surface area contributed by atoms with Gasteiger partial charge in [-0.05, 0) is 55.3 Å². The van der Waals surface area contributed by atoms with Crippen molar-refractivity contribution in [3.63, 3.8) is 0 Å². The highest BCUT2D eigenvalue weighted by atomic mass is 32.2. The van der Waals surface area contributed by atoms with Gasteiger partial charge in [0.15, 0.2) is 11.6 Å². The molecule has 1 heterocycles. The molecule has 0 saturated carbocycles. The molecule has 26 heavy (non-hydrogen) atoms. The normalized spacial score (nSPS) is 17.8. The van der Waals surface area contributed by atoms with Crippen LogP contribution in [0.15, 0.2) is 41.3 Å². The summed E-state index contributed by atoms with van der Waals surface area (Å²) in [5.74, 6) is -3.37. The number of rotatable bonds is 4. The third-order valence-electron chi connectivity index (χ3n) is 4.16. The molecule has 0 aromatic heterocycles. The molecule has 1 N–H and O–H groups in total. The second-order valence-corrected chi connectivity index (χ2v) is 7.68. The van der Waals surface area contributed by atoms with E-state index < -0.39 is 44.3 Å². The van der Waals surface area contributed by atoms with Gasteiger partial charge in [-0.1, -0.05) is 0 Å². The summed E-state index contributed by atoms with van der Waals surface area (Å²) in [7, 11) is -4.20. The molecule has 1 aliphatic rings. The molecule has 1 saturated heterocycles. The number of amides is 1. The van der Waals surface area contributed by atoms with E-state index in [1.807, 2.05) is 0 Å². The third-order valence-corrected chi connectivity index (χ3v) is 5.63. The average molecular weight is 384 g/mol. The number of nitrogens with zero attached hydrogens (tertiary/aromatic N) is 1. The van der Waals surface area contributed by atoms with Crippen molar-refractivity contribution < 1.29 is 26.4 Å². The monoisotopic (exact) mass is 384 g/mol. The SMILES string of the molecule is Cc1cc(N2CC[C@H](NS(=O)(=O)c3ccc(F)c(F)c3)C2=O)ccc1F. The molecule has 1 aliphatic heterocycles. The molecule has 3 rings (SSSR count). The molecule has 1 atom stereocenters. The fourth-order valence-electron chi connectivity index (χ4n) is 2.74. The van der Waals surface area contributed by atoms with Gasteiger partial charge in [-0.3, -0.25) is 4.79 Å². The predicted molar refractivity (Wildman–Crippen MR) is 88.6 cm³/mol. The number of halogens is 3. The molecule has 5 nitrogen and oxygen atoms in total. The number of anilines is 1. The first-order valence-corrected chi connectivity index (χ1v) is 9.22. The number of hydrogen-bond acceptors (Lipinski definition) is 3. The molecule has 0 unspecified atom stereocenters. The summed E-state index contributed by atoms with van der Waals surface area (Å²) in [6.45, 7) is 1.80. The summed E-state index contributed by atoms with van der Waals surface area (Å²) < 4.78 is 66.5. The molecule has 2 aromatic carbocycles. The predicted octanol–water partition coefficient (Wildman–Crippen LogP) is 2.50. The number of sulfonamides is 1. The Morgan fingerprint density at radius 3 is 2.38 bits per heavy atom. The van der Waals surface area contributed by atoms with E-state index in [2.05, 4.69) is 4.72 Å². The Morgan fingerprint density at radius 1 is 1.04 bits per heavy atom. The molecule has 0 aliphatic carbocycles. The molecular weight excluding hydrogens is 369 g/mol. The van der Waals surface area contributed by atoms with E-state index in [1.54, 1.807) is 6.92 Å². The first kappa shape index (κ1) is 18.4. The average Bonchev–Trinajstić information content (AvgIpc) is 2.93. The van der Waals surface area contributed by atoms with Gasteiger partial charge in [0.2, 0.25) is 15.9 Å². The summed E-state index contributed by atoms with van der Waals surface area (Å²) in [5.41, 5.74) is 0.824. The number of carbonyl (C=O) groups excluding carboxylic acids is 1. The number of hydrogen-bond donors (Lipinski definition) is 1. The van der Waals surface area contributed by atoms with Gasteiger partial charge in [-0.15, -0.1) is 0 Å². The van der Waals surface area contributed by atoms with Crippen LogP contribution in [0.25, 0.3) is 0 Å². The smallest absolute Gasteiger partial charge is 0.245 e. The highest BCUT2D eigenvalue weighted by Gasteiger charge is 2.36. The van der Waals surface area contributed by atoms with Crippen molar-refractivity contribution in [2.24, 2.45) is 0 Å². The highest BCUT2D eigenvalue weighted by Crippen LogP contribution is 2.25. The Kier molecular flexibility index (Phi) is 4.76. The van der Waals surface area contributed by atoms with E-state index in [-0.39, 0.29) is 13.0 Å². The quantitative estimate of drug-likeness (QED) is 0.881. The van der Waals surface area contributed by atoms with Gasteiger partial charge in [0.25, 0.3) is 0 Å². The van der Waals surface area contributed by atoms with E-state index in [0.29, 0.717) is 23.4 Å². The minimum atomic E-state index is -4.20. The van der Waals surface area contributed by atoms with E-state index in [1.165, 1.54) is 23.1 Å². The van der Waals surface area contributed by atoms with Crippen LogP contribution in [-0.2, 0) is 14.8 Å². The number of nitrogens with one attached hydrogen (secondary N) is 1. The summed E-state index contributed by atoms with van der Waals surface area (Å²) in [5, 5.41) is 0. The van der Waals surface area contributed by atoms with E-state index in [4.69, 9.17) is 0 Å².